The van der Waals surface area contributed by atoms with Gasteiger partial charge in [-0.1, -0.05) is 60.7 Å². The number of nitrogens with two attached hydrogens (primary N) is 1. The summed E-state index contributed by atoms with van der Waals surface area (Å²) in [5.74, 6) is -1.84. The fourth-order valence-corrected chi connectivity index (χ4v) is 2.53. The monoisotopic (exact) mass is 412 g/mol. The Morgan fingerprint density at radius 3 is 2.03 bits per heavy atom. The van der Waals surface area contributed by atoms with Crippen LogP contribution in [0, 0.1) is 0 Å². The first-order valence-corrected chi connectivity index (χ1v) is 9.28. The molecule has 2 aromatic carbocycles. The number of carbonyl (C=O) groups excluding carboxylic acids is 4. The Balaban J connectivity index is 1.85. The molecule has 1 atom stereocenters. The molecule has 5 N–H and O–H groups in total. The fraction of sp³-hybridized carbons (Fsp3) is 0.238. The summed E-state index contributed by atoms with van der Waals surface area (Å²) in [6, 6.07) is 17.2. The average Bonchev–Trinajstić information content (AvgIpc) is 2.75. The van der Waals surface area contributed by atoms with E-state index in [0.29, 0.717) is 0 Å². The first-order valence-electron chi connectivity index (χ1n) is 9.28. The van der Waals surface area contributed by atoms with Crippen molar-refractivity contribution in [2.24, 2.45) is 5.73 Å². The maximum absolute atomic E-state index is 12.3. The van der Waals surface area contributed by atoms with Crippen LogP contribution in [0.4, 0.5) is 4.79 Å². The minimum Gasteiger partial charge on any atom is -0.445 e. The molecule has 9 nitrogen and oxygen atoms in total. The van der Waals surface area contributed by atoms with Crippen LogP contribution in [-0.2, 0) is 32.1 Å². The highest BCUT2D eigenvalue weighted by atomic mass is 16.5. The van der Waals surface area contributed by atoms with Crippen LogP contribution in [0.25, 0.3) is 0 Å². The molecule has 2 aromatic rings. The Hall–Kier alpha value is -3.88. The Morgan fingerprint density at radius 2 is 1.43 bits per heavy atom. The van der Waals surface area contributed by atoms with Crippen LogP contribution >= 0.6 is 0 Å². The third kappa shape index (κ3) is 8.42. The van der Waals surface area contributed by atoms with Crippen molar-refractivity contribution in [2.45, 2.75) is 19.1 Å². The lowest BCUT2D eigenvalue weighted by Crippen LogP contribution is -2.51. The summed E-state index contributed by atoms with van der Waals surface area (Å²) in [7, 11) is 0. The van der Waals surface area contributed by atoms with E-state index in [0.717, 1.165) is 11.1 Å². The maximum atomic E-state index is 12.3. The topological polar surface area (TPSA) is 140 Å². The number of hydrogen-bond acceptors (Lipinski definition) is 5. The molecule has 0 radical (unpaired) electrons. The molecule has 2 rings (SSSR count). The molecule has 4 amide bonds. The number of carbonyl (C=O) groups is 4. The minimum atomic E-state index is -0.943. The van der Waals surface area contributed by atoms with Crippen molar-refractivity contribution in [2.75, 3.05) is 13.1 Å². The molecule has 0 bridgehead atoms. The van der Waals surface area contributed by atoms with E-state index < -0.39 is 29.9 Å². The summed E-state index contributed by atoms with van der Waals surface area (Å²) in [5.41, 5.74) is 6.67. The van der Waals surface area contributed by atoms with E-state index in [1.165, 1.54) is 0 Å². The van der Waals surface area contributed by atoms with E-state index in [1.54, 1.807) is 36.4 Å². The first-order chi connectivity index (χ1) is 14.4. The van der Waals surface area contributed by atoms with Gasteiger partial charge < -0.3 is 26.4 Å². The predicted molar refractivity (Wildman–Crippen MR) is 109 cm³/mol. The summed E-state index contributed by atoms with van der Waals surface area (Å²) in [5, 5.41) is 7.25. The summed E-state index contributed by atoms with van der Waals surface area (Å²) < 4.78 is 5.03. The van der Waals surface area contributed by atoms with Crippen molar-refractivity contribution in [1.29, 1.82) is 0 Å². The van der Waals surface area contributed by atoms with Crippen LogP contribution < -0.4 is 21.7 Å². The SMILES string of the molecule is NC(=O)CNC(=O)C(Cc1ccccc1)NC(=O)CNC(=O)OCc1ccccc1. The lowest BCUT2D eigenvalue weighted by molar-refractivity contribution is -0.129. The molecule has 1 unspecified atom stereocenters. The smallest absolute Gasteiger partial charge is 0.407 e. The molecular formula is C21H24N4O5. The number of hydrogen-bond donors (Lipinski definition) is 4. The highest BCUT2D eigenvalue weighted by molar-refractivity contribution is 5.91. The van der Waals surface area contributed by atoms with Crippen molar-refractivity contribution in [1.82, 2.24) is 16.0 Å². The number of rotatable bonds is 10. The zero-order chi connectivity index (χ0) is 21.8. The molecule has 0 fully saturated rings. The summed E-state index contributed by atoms with van der Waals surface area (Å²) in [4.78, 5) is 47.2. The van der Waals surface area contributed by atoms with Gasteiger partial charge in [-0.15, -0.1) is 0 Å². The normalized spacial score (nSPS) is 11.1. The summed E-state index contributed by atoms with van der Waals surface area (Å²) >= 11 is 0. The van der Waals surface area contributed by atoms with Gasteiger partial charge in [0.15, 0.2) is 0 Å². The lowest BCUT2D eigenvalue weighted by Gasteiger charge is -2.18. The fourth-order valence-electron chi connectivity index (χ4n) is 2.53. The van der Waals surface area contributed by atoms with E-state index in [9.17, 15) is 19.2 Å². The predicted octanol–water partition coefficient (Wildman–Crippen LogP) is 0.242. The van der Waals surface area contributed by atoms with Crippen molar-refractivity contribution in [3.8, 4) is 0 Å². The second-order valence-electron chi connectivity index (χ2n) is 6.41. The zero-order valence-electron chi connectivity index (χ0n) is 16.3. The van der Waals surface area contributed by atoms with E-state index in [-0.39, 0.29) is 26.1 Å². The molecule has 0 aliphatic carbocycles. The van der Waals surface area contributed by atoms with Crippen LogP contribution in [0.3, 0.4) is 0 Å². The lowest BCUT2D eigenvalue weighted by atomic mass is 10.1. The van der Waals surface area contributed by atoms with Gasteiger partial charge in [0.2, 0.25) is 17.7 Å². The number of primary amides is 1. The van der Waals surface area contributed by atoms with Gasteiger partial charge in [0, 0.05) is 6.42 Å². The maximum Gasteiger partial charge on any atom is 0.407 e. The van der Waals surface area contributed by atoms with Gasteiger partial charge >= 0.3 is 6.09 Å². The van der Waals surface area contributed by atoms with Crippen molar-refractivity contribution < 1.29 is 23.9 Å². The average molecular weight is 412 g/mol. The minimum absolute atomic E-state index is 0.0699. The molecule has 0 spiro atoms. The highest BCUT2D eigenvalue weighted by Gasteiger charge is 2.21. The Bertz CT molecular complexity index is 858. The second kappa shape index (κ2) is 11.8. The number of amides is 4. The molecule has 0 aromatic heterocycles. The van der Waals surface area contributed by atoms with Crippen molar-refractivity contribution >= 4 is 23.8 Å². The molecule has 30 heavy (non-hydrogen) atoms. The molecule has 0 saturated heterocycles. The van der Waals surface area contributed by atoms with Crippen LogP contribution in [0.1, 0.15) is 11.1 Å². The van der Waals surface area contributed by atoms with E-state index >= 15 is 0 Å². The number of ether oxygens (including phenoxy) is 1. The third-order valence-electron chi connectivity index (χ3n) is 3.98. The summed E-state index contributed by atoms with van der Waals surface area (Å²) in [6.45, 7) is -0.646. The Labute approximate surface area is 174 Å². The largest absolute Gasteiger partial charge is 0.445 e. The molecular weight excluding hydrogens is 388 g/mol. The van der Waals surface area contributed by atoms with Crippen LogP contribution in [-0.4, -0.2) is 42.9 Å². The van der Waals surface area contributed by atoms with Gasteiger partial charge in [0.05, 0.1) is 6.54 Å². The summed E-state index contributed by atoms with van der Waals surface area (Å²) in [6.07, 6.45) is -0.554. The number of alkyl carbamates (subject to hydrolysis) is 1. The quantitative estimate of drug-likeness (QED) is 0.443. The number of benzene rings is 2. The second-order valence-corrected chi connectivity index (χ2v) is 6.41. The molecule has 0 aliphatic heterocycles. The van der Waals surface area contributed by atoms with Crippen LogP contribution in [0.15, 0.2) is 60.7 Å². The van der Waals surface area contributed by atoms with Gasteiger partial charge in [-0.05, 0) is 11.1 Å². The molecule has 9 heteroatoms. The Kier molecular flexibility index (Phi) is 8.85. The number of nitrogens with one attached hydrogen (secondary N) is 3. The van der Waals surface area contributed by atoms with Crippen molar-refractivity contribution in [3.63, 3.8) is 0 Å². The zero-order valence-corrected chi connectivity index (χ0v) is 16.3. The Morgan fingerprint density at radius 1 is 0.833 bits per heavy atom. The van der Waals surface area contributed by atoms with Gasteiger partial charge in [0.25, 0.3) is 0 Å². The van der Waals surface area contributed by atoms with Crippen LogP contribution in [0.5, 0.6) is 0 Å². The molecule has 0 saturated carbocycles. The van der Waals surface area contributed by atoms with E-state index in [2.05, 4.69) is 16.0 Å². The molecule has 0 heterocycles. The van der Waals surface area contributed by atoms with E-state index in [4.69, 9.17) is 10.5 Å². The molecule has 158 valence electrons. The standard InChI is InChI=1S/C21H24N4O5/c22-18(26)12-23-20(28)17(11-15-7-3-1-4-8-15)25-19(27)13-24-21(29)30-14-16-9-5-2-6-10-16/h1-10,17H,11-14H2,(H2,22,26)(H,23,28)(H,24,29)(H,25,27). The highest BCUT2D eigenvalue weighted by Crippen LogP contribution is 2.04. The molecule has 0 aliphatic rings. The van der Waals surface area contributed by atoms with E-state index in [1.807, 2.05) is 24.3 Å². The van der Waals surface area contributed by atoms with Gasteiger partial charge in [-0.3, -0.25) is 14.4 Å². The van der Waals surface area contributed by atoms with Gasteiger partial charge in [-0.25, -0.2) is 4.79 Å². The van der Waals surface area contributed by atoms with Gasteiger partial charge in [-0.2, -0.15) is 0 Å². The van der Waals surface area contributed by atoms with Gasteiger partial charge in [0.1, 0.15) is 19.2 Å². The van der Waals surface area contributed by atoms with Crippen molar-refractivity contribution in [3.05, 3.63) is 71.8 Å². The first kappa shape index (κ1) is 22.4. The third-order valence-corrected chi connectivity index (χ3v) is 3.98. The van der Waals surface area contributed by atoms with Crippen LogP contribution in [0.2, 0.25) is 0 Å².